The Bertz CT molecular complexity index is 884. The van der Waals surface area contributed by atoms with Crippen LogP contribution in [-0.2, 0) is 19.1 Å². The standard InChI is InChI=1S/C20H18Cl2N2O4S/c1-27-17-15(11-7-3-5-9-13(11)21)23(19(17)25)29-24-16(18(28-2)20(24)26)12-8-4-6-10-14(12)22/h3-10,15-18H,1-2H3/t15-,16-,17+,18+/m0/s1. The minimum absolute atomic E-state index is 0.228. The molecule has 0 radical (unpaired) electrons. The number of benzene rings is 2. The van der Waals surface area contributed by atoms with Crippen molar-refractivity contribution in [1.29, 1.82) is 0 Å². The molecule has 2 heterocycles. The number of amides is 2. The highest BCUT2D eigenvalue weighted by Gasteiger charge is 2.56. The number of halogens is 2. The van der Waals surface area contributed by atoms with E-state index >= 15 is 0 Å². The Hall–Kier alpha value is -1.77. The second-order valence-electron chi connectivity index (χ2n) is 6.66. The fraction of sp³-hybridized carbons (Fsp3) is 0.300. The van der Waals surface area contributed by atoms with Gasteiger partial charge in [0.15, 0.2) is 12.2 Å². The lowest BCUT2D eigenvalue weighted by Crippen LogP contribution is -2.62. The molecule has 2 aliphatic rings. The van der Waals surface area contributed by atoms with E-state index in [9.17, 15) is 9.59 Å². The maximum Gasteiger partial charge on any atom is 0.266 e. The van der Waals surface area contributed by atoms with Gasteiger partial charge < -0.3 is 9.47 Å². The molecule has 0 saturated carbocycles. The second-order valence-corrected chi connectivity index (χ2v) is 8.42. The molecular weight excluding hydrogens is 435 g/mol. The Morgan fingerprint density at radius 2 is 1.14 bits per heavy atom. The van der Waals surface area contributed by atoms with Crippen molar-refractivity contribution in [3.63, 3.8) is 0 Å². The van der Waals surface area contributed by atoms with E-state index in [1.165, 1.54) is 22.8 Å². The molecule has 0 aliphatic carbocycles. The average Bonchev–Trinajstić information content (AvgIpc) is 2.72. The van der Waals surface area contributed by atoms with E-state index in [1.54, 1.807) is 12.1 Å². The van der Waals surface area contributed by atoms with Crippen LogP contribution in [0, 0.1) is 0 Å². The number of carbonyl (C=O) groups excluding carboxylic acids is 2. The number of hydrogen-bond acceptors (Lipinski definition) is 5. The van der Waals surface area contributed by atoms with Crippen LogP contribution < -0.4 is 0 Å². The zero-order chi connectivity index (χ0) is 20.7. The maximum atomic E-state index is 12.7. The van der Waals surface area contributed by atoms with Crippen molar-refractivity contribution in [2.24, 2.45) is 0 Å². The van der Waals surface area contributed by atoms with Crippen LogP contribution in [-0.4, -0.2) is 46.9 Å². The molecule has 4 rings (SSSR count). The van der Waals surface area contributed by atoms with Crippen LogP contribution in [0.25, 0.3) is 0 Å². The molecular formula is C20H18Cl2N2O4S. The van der Waals surface area contributed by atoms with Crippen LogP contribution in [0.2, 0.25) is 10.0 Å². The summed E-state index contributed by atoms with van der Waals surface area (Å²) in [5.74, 6) is -0.456. The summed E-state index contributed by atoms with van der Waals surface area (Å²) in [4.78, 5) is 25.3. The van der Waals surface area contributed by atoms with Gasteiger partial charge in [-0.05, 0) is 23.3 Å². The molecule has 2 saturated heterocycles. The predicted molar refractivity (Wildman–Crippen MR) is 111 cm³/mol. The Balaban J connectivity index is 1.63. The smallest absolute Gasteiger partial charge is 0.266 e. The number of nitrogens with zero attached hydrogens (tertiary/aromatic N) is 2. The predicted octanol–water partition coefficient (Wildman–Crippen LogP) is 4.05. The maximum absolute atomic E-state index is 12.7. The molecule has 2 aromatic carbocycles. The topological polar surface area (TPSA) is 59.1 Å². The molecule has 9 heteroatoms. The van der Waals surface area contributed by atoms with Gasteiger partial charge in [-0.3, -0.25) is 18.2 Å². The highest BCUT2D eigenvalue weighted by atomic mass is 35.5. The molecule has 4 atom stereocenters. The third-order valence-electron chi connectivity index (χ3n) is 5.13. The lowest BCUT2D eigenvalue weighted by molar-refractivity contribution is -0.162. The minimum Gasteiger partial charge on any atom is -0.369 e. The number of ether oxygens (including phenoxy) is 2. The second kappa shape index (κ2) is 8.16. The van der Waals surface area contributed by atoms with Gasteiger partial charge in [0.1, 0.15) is 12.1 Å². The number of methoxy groups -OCH3 is 2. The average molecular weight is 453 g/mol. The summed E-state index contributed by atoms with van der Waals surface area (Å²) in [6, 6.07) is 13.7. The fourth-order valence-corrected chi connectivity index (χ4v) is 5.33. The molecule has 0 unspecified atom stereocenters. The summed E-state index contributed by atoms with van der Waals surface area (Å²) in [5, 5.41) is 1.06. The molecule has 152 valence electrons. The first-order valence-electron chi connectivity index (χ1n) is 8.88. The number of hydrogen-bond donors (Lipinski definition) is 0. The molecule has 2 aromatic rings. The summed E-state index contributed by atoms with van der Waals surface area (Å²) in [7, 11) is 2.97. The van der Waals surface area contributed by atoms with Gasteiger partial charge in [0.2, 0.25) is 0 Å². The van der Waals surface area contributed by atoms with Gasteiger partial charge in [-0.25, -0.2) is 0 Å². The Morgan fingerprint density at radius 3 is 1.48 bits per heavy atom. The van der Waals surface area contributed by atoms with E-state index in [2.05, 4.69) is 0 Å². The van der Waals surface area contributed by atoms with E-state index in [0.717, 1.165) is 23.3 Å². The Kier molecular flexibility index (Phi) is 5.77. The summed E-state index contributed by atoms with van der Waals surface area (Å²) >= 11 is 13.7. The monoisotopic (exact) mass is 452 g/mol. The van der Waals surface area contributed by atoms with E-state index in [-0.39, 0.29) is 11.8 Å². The van der Waals surface area contributed by atoms with E-state index in [4.69, 9.17) is 32.7 Å². The molecule has 6 nitrogen and oxygen atoms in total. The molecule has 2 amide bonds. The third kappa shape index (κ3) is 3.31. The van der Waals surface area contributed by atoms with Crippen LogP contribution in [0.4, 0.5) is 0 Å². The van der Waals surface area contributed by atoms with Crippen molar-refractivity contribution in [1.82, 2.24) is 8.61 Å². The van der Waals surface area contributed by atoms with Crippen molar-refractivity contribution in [3.8, 4) is 0 Å². The molecule has 2 fully saturated rings. The van der Waals surface area contributed by atoms with Crippen LogP contribution in [0.15, 0.2) is 48.5 Å². The normalized spacial score (nSPS) is 26.3. The van der Waals surface area contributed by atoms with Gasteiger partial charge in [0.05, 0.1) is 12.1 Å². The van der Waals surface area contributed by atoms with E-state index < -0.39 is 24.3 Å². The minimum atomic E-state index is -0.657. The van der Waals surface area contributed by atoms with Gasteiger partial charge in [-0.2, -0.15) is 0 Å². The number of carbonyl (C=O) groups is 2. The Morgan fingerprint density at radius 1 is 0.759 bits per heavy atom. The van der Waals surface area contributed by atoms with Gasteiger partial charge in [-0.1, -0.05) is 59.6 Å². The number of rotatable bonds is 6. The largest absolute Gasteiger partial charge is 0.369 e. The quantitative estimate of drug-likeness (QED) is 0.488. The van der Waals surface area contributed by atoms with Gasteiger partial charge in [-0.15, -0.1) is 0 Å². The van der Waals surface area contributed by atoms with Crippen molar-refractivity contribution in [2.75, 3.05) is 14.2 Å². The lowest BCUT2D eigenvalue weighted by atomic mass is 9.93. The van der Waals surface area contributed by atoms with Crippen molar-refractivity contribution >= 4 is 47.2 Å². The first-order valence-corrected chi connectivity index (χ1v) is 10.4. The van der Waals surface area contributed by atoms with Crippen molar-refractivity contribution in [3.05, 3.63) is 69.7 Å². The molecule has 2 aliphatic heterocycles. The Labute approximate surface area is 182 Å². The summed E-state index contributed by atoms with van der Waals surface area (Å²) in [6.45, 7) is 0. The summed E-state index contributed by atoms with van der Waals surface area (Å²) < 4.78 is 13.8. The van der Waals surface area contributed by atoms with Crippen LogP contribution >= 0.6 is 35.3 Å². The SMILES string of the molecule is CO[C@H]1C(=O)N(SN2C(=O)[C@H](OC)[C@@H]2c2ccccc2Cl)[C@H]1c1ccccc1Cl. The van der Waals surface area contributed by atoms with Crippen molar-refractivity contribution < 1.29 is 19.1 Å². The van der Waals surface area contributed by atoms with Gasteiger partial charge in [0, 0.05) is 24.3 Å². The molecule has 0 bridgehead atoms. The highest BCUT2D eigenvalue weighted by Crippen LogP contribution is 2.51. The summed E-state index contributed by atoms with van der Waals surface area (Å²) in [5.41, 5.74) is 1.53. The van der Waals surface area contributed by atoms with E-state index in [1.807, 2.05) is 36.4 Å². The third-order valence-corrected chi connectivity index (χ3v) is 6.99. The van der Waals surface area contributed by atoms with Crippen molar-refractivity contribution in [2.45, 2.75) is 24.3 Å². The summed E-state index contributed by atoms with van der Waals surface area (Å²) in [6.07, 6.45) is -1.31. The lowest BCUT2D eigenvalue weighted by Gasteiger charge is -2.51. The van der Waals surface area contributed by atoms with E-state index in [0.29, 0.717) is 10.0 Å². The molecule has 0 spiro atoms. The first-order chi connectivity index (χ1) is 14.0. The van der Waals surface area contributed by atoms with Crippen LogP contribution in [0.1, 0.15) is 23.2 Å². The number of β-lactam (4-membered cyclic amide) rings is 2. The van der Waals surface area contributed by atoms with Gasteiger partial charge in [0.25, 0.3) is 11.8 Å². The zero-order valence-electron chi connectivity index (χ0n) is 15.6. The molecule has 0 aromatic heterocycles. The highest BCUT2D eigenvalue weighted by molar-refractivity contribution is 7.95. The van der Waals surface area contributed by atoms with Crippen LogP contribution in [0.3, 0.4) is 0 Å². The molecule has 29 heavy (non-hydrogen) atoms. The van der Waals surface area contributed by atoms with Crippen LogP contribution in [0.5, 0.6) is 0 Å². The van der Waals surface area contributed by atoms with Gasteiger partial charge >= 0.3 is 0 Å². The fourth-order valence-electron chi connectivity index (χ4n) is 3.62. The molecule has 0 N–H and O–H groups in total. The zero-order valence-corrected chi connectivity index (χ0v) is 17.9. The first kappa shape index (κ1) is 20.5.